The third-order valence-electron chi connectivity index (χ3n) is 3.90. The fraction of sp³-hybridized carbons (Fsp3) is 0.0952. The molecule has 29 heavy (non-hydrogen) atoms. The first kappa shape index (κ1) is 20.7. The molecule has 0 fully saturated rings. The second-order valence-corrected chi connectivity index (χ2v) is 8.58. The summed E-state index contributed by atoms with van der Waals surface area (Å²) in [5.41, 5.74) is 0.844. The van der Waals surface area contributed by atoms with E-state index in [-0.39, 0.29) is 6.54 Å². The van der Waals surface area contributed by atoms with Crippen molar-refractivity contribution in [1.29, 1.82) is 0 Å². The number of nitrogens with one attached hydrogen (secondary N) is 1. The maximum absolute atomic E-state index is 12.4. The molecule has 0 radical (unpaired) electrons. The number of rotatable bonds is 7. The summed E-state index contributed by atoms with van der Waals surface area (Å²) in [7, 11) is -3.68. The molecule has 1 N–H and O–H groups in total. The Bertz CT molecular complexity index is 1090. The standard InChI is InChI=1S/C21H19ClN2O4S/c1-29(26,27)24(15-21(25)23-17-7-5-6-16(22)14-17)18-10-12-20(13-11-18)28-19-8-3-2-4-9-19/h2-14H,15H2,1H3,(H,23,25). The van der Waals surface area contributed by atoms with Gasteiger partial charge in [0.1, 0.15) is 18.0 Å². The van der Waals surface area contributed by atoms with Crippen LogP contribution >= 0.6 is 11.6 Å². The predicted octanol–water partition coefficient (Wildman–Crippen LogP) is 4.54. The zero-order valence-corrected chi connectivity index (χ0v) is 17.2. The number of carbonyl (C=O) groups excluding carboxylic acids is 1. The van der Waals surface area contributed by atoms with E-state index in [9.17, 15) is 13.2 Å². The van der Waals surface area contributed by atoms with Crippen molar-refractivity contribution in [3.8, 4) is 11.5 Å². The lowest BCUT2D eigenvalue weighted by atomic mass is 10.3. The van der Waals surface area contributed by atoms with Crippen molar-refractivity contribution >= 4 is 38.9 Å². The lowest BCUT2D eigenvalue weighted by molar-refractivity contribution is -0.114. The molecule has 3 aromatic rings. The zero-order chi connectivity index (χ0) is 20.9. The Kier molecular flexibility index (Phi) is 6.41. The van der Waals surface area contributed by atoms with Crippen molar-refractivity contribution in [2.45, 2.75) is 0 Å². The summed E-state index contributed by atoms with van der Waals surface area (Å²) in [4.78, 5) is 12.4. The van der Waals surface area contributed by atoms with Gasteiger partial charge in [0, 0.05) is 10.7 Å². The van der Waals surface area contributed by atoms with Crippen LogP contribution in [0.1, 0.15) is 0 Å². The highest BCUT2D eigenvalue weighted by Gasteiger charge is 2.21. The molecule has 3 rings (SSSR count). The summed E-state index contributed by atoms with van der Waals surface area (Å²) in [5, 5.41) is 3.11. The lowest BCUT2D eigenvalue weighted by Crippen LogP contribution is -2.37. The van der Waals surface area contributed by atoms with Crippen LogP contribution < -0.4 is 14.4 Å². The molecule has 0 aromatic heterocycles. The second kappa shape index (κ2) is 8.98. The van der Waals surface area contributed by atoms with E-state index in [1.54, 1.807) is 48.5 Å². The third kappa shape index (κ3) is 5.97. The minimum absolute atomic E-state index is 0.356. The monoisotopic (exact) mass is 430 g/mol. The number of anilines is 2. The summed E-state index contributed by atoms with van der Waals surface area (Å²) >= 11 is 5.91. The van der Waals surface area contributed by atoms with Crippen LogP contribution in [0.3, 0.4) is 0 Å². The summed E-state index contributed by atoms with van der Waals surface area (Å²) in [6.45, 7) is -0.371. The van der Waals surface area contributed by atoms with Gasteiger partial charge in [0.25, 0.3) is 0 Å². The molecule has 0 spiro atoms. The molecule has 1 amide bonds. The number of sulfonamides is 1. The number of nitrogens with zero attached hydrogens (tertiary/aromatic N) is 1. The number of benzene rings is 3. The van der Waals surface area contributed by atoms with Gasteiger partial charge in [-0.25, -0.2) is 8.42 Å². The first-order valence-electron chi connectivity index (χ1n) is 8.67. The minimum Gasteiger partial charge on any atom is -0.457 e. The van der Waals surface area contributed by atoms with Gasteiger partial charge in [0.2, 0.25) is 15.9 Å². The van der Waals surface area contributed by atoms with Gasteiger partial charge < -0.3 is 10.1 Å². The third-order valence-corrected chi connectivity index (χ3v) is 5.28. The molecule has 0 saturated heterocycles. The summed E-state index contributed by atoms with van der Waals surface area (Å²) in [6, 6.07) is 22.3. The van der Waals surface area contributed by atoms with Crippen molar-refractivity contribution in [2.75, 3.05) is 22.4 Å². The fourth-order valence-corrected chi connectivity index (χ4v) is 3.65. The Morgan fingerprint density at radius 1 is 0.966 bits per heavy atom. The Hall–Kier alpha value is -3.03. The van der Waals surface area contributed by atoms with Crippen LogP contribution in [0.25, 0.3) is 0 Å². The number of halogens is 1. The van der Waals surface area contributed by atoms with Crippen molar-refractivity contribution in [3.05, 3.63) is 83.9 Å². The van der Waals surface area contributed by atoms with E-state index in [0.29, 0.717) is 27.9 Å². The van der Waals surface area contributed by atoms with Crippen LogP contribution in [0.2, 0.25) is 5.02 Å². The molecule has 0 heterocycles. The smallest absolute Gasteiger partial charge is 0.245 e. The first-order valence-corrected chi connectivity index (χ1v) is 10.9. The van der Waals surface area contributed by atoms with E-state index < -0.39 is 15.9 Å². The fourth-order valence-electron chi connectivity index (χ4n) is 2.60. The molecule has 0 bridgehead atoms. The number of para-hydroxylation sites is 1. The van der Waals surface area contributed by atoms with E-state index in [1.165, 1.54) is 0 Å². The van der Waals surface area contributed by atoms with Gasteiger partial charge in [-0.1, -0.05) is 35.9 Å². The Balaban J connectivity index is 1.74. The predicted molar refractivity (Wildman–Crippen MR) is 115 cm³/mol. The van der Waals surface area contributed by atoms with Crippen LogP contribution in [0.5, 0.6) is 11.5 Å². The number of ether oxygens (including phenoxy) is 1. The second-order valence-electron chi connectivity index (χ2n) is 6.24. The number of hydrogen-bond acceptors (Lipinski definition) is 4. The van der Waals surface area contributed by atoms with Crippen molar-refractivity contribution in [3.63, 3.8) is 0 Å². The van der Waals surface area contributed by atoms with Crippen LogP contribution in [0.4, 0.5) is 11.4 Å². The van der Waals surface area contributed by atoms with Gasteiger partial charge in [0.15, 0.2) is 0 Å². The van der Waals surface area contributed by atoms with Gasteiger partial charge in [-0.05, 0) is 54.6 Å². The van der Waals surface area contributed by atoms with Crippen LogP contribution in [0.15, 0.2) is 78.9 Å². The normalized spacial score (nSPS) is 11.0. The molecule has 0 saturated carbocycles. The lowest BCUT2D eigenvalue weighted by Gasteiger charge is -2.22. The van der Waals surface area contributed by atoms with Crippen molar-refractivity contribution < 1.29 is 17.9 Å². The maximum Gasteiger partial charge on any atom is 0.245 e. The molecule has 0 atom stereocenters. The zero-order valence-electron chi connectivity index (χ0n) is 15.6. The quantitative estimate of drug-likeness (QED) is 0.597. The van der Waals surface area contributed by atoms with E-state index >= 15 is 0 Å². The molecule has 6 nitrogen and oxygen atoms in total. The van der Waals surface area contributed by atoms with Gasteiger partial charge in [-0.2, -0.15) is 0 Å². The first-order chi connectivity index (χ1) is 13.8. The summed E-state index contributed by atoms with van der Waals surface area (Å²) in [6.07, 6.45) is 1.05. The molecular weight excluding hydrogens is 412 g/mol. The van der Waals surface area contributed by atoms with Gasteiger partial charge >= 0.3 is 0 Å². The van der Waals surface area contributed by atoms with Gasteiger partial charge in [-0.3, -0.25) is 9.10 Å². The van der Waals surface area contributed by atoms with Crippen LogP contribution in [0, 0.1) is 0 Å². The molecule has 150 valence electrons. The number of carbonyl (C=O) groups is 1. The molecular formula is C21H19ClN2O4S. The van der Waals surface area contributed by atoms with Gasteiger partial charge in [0.05, 0.1) is 11.9 Å². The van der Waals surface area contributed by atoms with Crippen LogP contribution in [-0.2, 0) is 14.8 Å². The molecule has 3 aromatic carbocycles. The summed E-state index contributed by atoms with van der Waals surface area (Å²) < 4.78 is 31.2. The maximum atomic E-state index is 12.4. The highest BCUT2D eigenvalue weighted by atomic mass is 35.5. The molecule has 0 aliphatic heterocycles. The highest BCUT2D eigenvalue weighted by molar-refractivity contribution is 7.92. The van der Waals surface area contributed by atoms with Gasteiger partial charge in [-0.15, -0.1) is 0 Å². The molecule has 0 aliphatic rings. The topological polar surface area (TPSA) is 75.7 Å². The van der Waals surface area contributed by atoms with E-state index in [4.69, 9.17) is 16.3 Å². The molecule has 0 aliphatic carbocycles. The van der Waals surface area contributed by atoms with Crippen molar-refractivity contribution in [2.24, 2.45) is 0 Å². The summed E-state index contributed by atoms with van der Waals surface area (Å²) in [5.74, 6) is 0.736. The largest absolute Gasteiger partial charge is 0.457 e. The van der Waals surface area contributed by atoms with Crippen molar-refractivity contribution in [1.82, 2.24) is 0 Å². The Morgan fingerprint density at radius 2 is 1.62 bits per heavy atom. The molecule has 8 heteroatoms. The SMILES string of the molecule is CS(=O)(=O)N(CC(=O)Nc1cccc(Cl)c1)c1ccc(Oc2ccccc2)cc1. The van der Waals surface area contributed by atoms with E-state index in [1.807, 2.05) is 30.3 Å². The average Bonchev–Trinajstić information content (AvgIpc) is 2.67. The highest BCUT2D eigenvalue weighted by Crippen LogP contribution is 2.25. The average molecular weight is 431 g/mol. The van der Waals surface area contributed by atoms with E-state index in [2.05, 4.69) is 5.32 Å². The molecule has 0 unspecified atom stereocenters. The van der Waals surface area contributed by atoms with E-state index in [0.717, 1.165) is 10.6 Å². The minimum atomic E-state index is -3.68. The van der Waals surface area contributed by atoms with Crippen LogP contribution in [-0.4, -0.2) is 27.1 Å². The number of hydrogen-bond donors (Lipinski definition) is 1. The Morgan fingerprint density at radius 3 is 2.24 bits per heavy atom. The number of amides is 1. The Labute approximate surface area is 174 Å².